The summed E-state index contributed by atoms with van der Waals surface area (Å²) in [6.45, 7) is 0. The number of hydrogen-bond donors (Lipinski definition) is 2. The number of amides is 2. The lowest BCUT2D eigenvalue weighted by Crippen LogP contribution is -2.18. The topological polar surface area (TPSA) is 67.4 Å². The van der Waals surface area contributed by atoms with Crippen LogP contribution in [0.25, 0.3) is 0 Å². The highest BCUT2D eigenvalue weighted by Crippen LogP contribution is 2.26. The highest BCUT2D eigenvalue weighted by molar-refractivity contribution is 7.08. The highest BCUT2D eigenvalue weighted by Gasteiger charge is 2.13. The minimum atomic E-state index is -0.237. The summed E-state index contributed by atoms with van der Waals surface area (Å²) in [7, 11) is 3.06. The number of rotatable bonds is 4. The van der Waals surface area contributed by atoms with Crippen LogP contribution in [-0.2, 0) is 0 Å². The molecule has 0 fully saturated rings. The second-order valence-corrected chi connectivity index (χ2v) is 4.74. The highest BCUT2D eigenvalue weighted by atomic mass is 32.1. The second-order valence-electron chi connectivity index (χ2n) is 3.96. The third-order valence-electron chi connectivity index (χ3n) is 2.72. The quantitative estimate of drug-likeness (QED) is 0.908. The Morgan fingerprint density at radius 3 is 2.55 bits per heavy atom. The molecule has 2 N–H and O–H groups in total. The van der Waals surface area contributed by atoms with E-state index in [2.05, 4.69) is 10.6 Å². The Morgan fingerprint density at radius 1 is 1.15 bits per heavy atom. The summed E-state index contributed by atoms with van der Waals surface area (Å²) in [5, 5.41) is 8.86. The molecule has 0 bridgehead atoms. The lowest BCUT2D eigenvalue weighted by molar-refractivity contribution is 0.0961. The molecule has 1 aromatic heterocycles. The Morgan fingerprint density at radius 2 is 1.95 bits per heavy atom. The fourth-order valence-electron chi connectivity index (χ4n) is 1.68. The molecule has 0 saturated heterocycles. The molecule has 5 nitrogen and oxygen atoms in total. The van der Waals surface area contributed by atoms with E-state index in [1.807, 2.05) is 5.38 Å². The molecule has 6 heteroatoms. The fourth-order valence-corrected chi connectivity index (χ4v) is 2.32. The van der Waals surface area contributed by atoms with Crippen molar-refractivity contribution in [1.29, 1.82) is 0 Å². The van der Waals surface area contributed by atoms with E-state index in [9.17, 15) is 9.59 Å². The van der Waals surface area contributed by atoms with Gasteiger partial charge < -0.3 is 15.4 Å². The predicted octanol–water partition coefficient (Wildman–Crippen LogP) is 2.37. The lowest BCUT2D eigenvalue weighted by Gasteiger charge is -2.11. The van der Waals surface area contributed by atoms with Crippen LogP contribution in [0.3, 0.4) is 0 Å². The molecule has 20 heavy (non-hydrogen) atoms. The van der Waals surface area contributed by atoms with E-state index in [0.29, 0.717) is 22.6 Å². The first kappa shape index (κ1) is 14.1. The van der Waals surface area contributed by atoms with Gasteiger partial charge in [0.25, 0.3) is 11.8 Å². The molecule has 0 atom stereocenters. The molecule has 0 aliphatic heterocycles. The Bertz CT molecular complexity index is 623. The summed E-state index contributed by atoms with van der Waals surface area (Å²) in [6, 6.07) is 6.60. The van der Waals surface area contributed by atoms with E-state index in [4.69, 9.17) is 4.74 Å². The van der Waals surface area contributed by atoms with Gasteiger partial charge in [0.15, 0.2) is 0 Å². The molecule has 0 unspecified atom stereocenters. The summed E-state index contributed by atoms with van der Waals surface area (Å²) in [6.07, 6.45) is 0. The lowest BCUT2D eigenvalue weighted by atomic mass is 10.1. The number of carbonyl (C=O) groups is 2. The van der Waals surface area contributed by atoms with E-state index in [0.717, 1.165) is 0 Å². The zero-order chi connectivity index (χ0) is 14.5. The van der Waals surface area contributed by atoms with Gasteiger partial charge in [-0.25, -0.2) is 0 Å². The van der Waals surface area contributed by atoms with Crippen molar-refractivity contribution in [1.82, 2.24) is 5.32 Å². The van der Waals surface area contributed by atoms with Gasteiger partial charge in [-0.05, 0) is 29.6 Å². The predicted molar refractivity (Wildman–Crippen MR) is 78.7 cm³/mol. The fraction of sp³-hybridized carbons (Fsp3) is 0.143. The van der Waals surface area contributed by atoms with Crippen molar-refractivity contribution >= 4 is 28.8 Å². The summed E-state index contributed by atoms with van der Waals surface area (Å²) in [4.78, 5) is 23.7. The summed E-state index contributed by atoms with van der Waals surface area (Å²) >= 11 is 1.44. The summed E-state index contributed by atoms with van der Waals surface area (Å²) < 4.78 is 5.19. The number of benzene rings is 1. The molecule has 0 aliphatic rings. The average molecular weight is 290 g/mol. The van der Waals surface area contributed by atoms with Crippen molar-refractivity contribution in [3.05, 3.63) is 46.2 Å². The Labute approximate surface area is 120 Å². The maximum absolute atomic E-state index is 12.0. The van der Waals surface area contributed by atoms with Gasteiger partial charge in [0.2, 0.25) is 0 Å². The van der Waals surface area contributed by atoms with E-state index in [1.54, 1.807) is 36.7 Å². The number of nitrogens with one attached hydrogen (secondary N) is 2. The van der Waals surface area contributed by atoms with Crippen molar-refractivity contribution in [3.63, 3.8) is 0 Å². The number of thiophene rings is 1. The first-order valence-electron chi connectivity index (χ1n) is 5.89. The van der Waals surface area contributed by atoms with E-state index in [-0.39, 0.29) is 11.8 Å². The molecule has 104 valence electrons. The van der Waals surface area contributed by atoms with Gasteiger partial charge in [0, 0.05) is 18.0 Å². The van der Waals surface area contributed by atoms with Crippen LogP contribution in [0.5, 0.6) is 5.75 Å². The zero-order valence-corrected chi connectivity index (χ0v) is 11.9. The van der Waals surface area contributed by atoms with Crippen LogP contribution in [0.1, 0.15) is 20.7 Å². The van der Waals surface area contributed by atoms with E-state index < -0.39 is 0 Å². The second kappa shape index (κ2) is 6.21. The van der Waals surface area contributed by atoms with Crippen LogP contribution in [0.4, 0.5) is 5.69 Å². The summed E-state index contributed by atoms with van der Waals surface area (Å²) in [5.41, 5.74) is 1.49. The van der Waals surface area contributed by atoms with Crippen LogP contribution in [-0.4, -0.2) is 26.0 Å². The molecule has 2 aromatic rings. The monoisotopic (exact) mass is 290 g/mol. The third kappa shape index (κ3) is 2.97. The molecule has 0 saturated carbocycles. The van der Waals surface area contributed by atoms with Gasteiger partial charge in [0.1, 0.15) is 5.75 Å². The number of anilines is 1. The number of ether oxygens (including phenoxy) is 1. The molecule has 0 radical (unpaired) electrons. The van der Waals surface area contributed by atoms with Crippen molar-refractivity contribution in [3.8, 4) is 5.75 Å². The smallest absolute Gasteiger partial charge is 0.256 e. The van der Waals surface area contributed by atoms with Gasteiger partial charge in [0.05, 0.1) is 18.4 Å². The van der Waals surface area contributed by atoms with Crippen molar-refractivity contribution in [2.75, 3.05) is 19.5 Å². The van der Waals surface area contributed by atoms with E-state index in [1.165, 1.54) is 18.4 Å². The molecule has 2 amide bonds. The van der Waals surface area contributed by atoms with Gasteiger partial charge in [-0.3, -0.25) is 9.59 Å². The maximum Gasteiger partial charge on any atom is 0.256 e. The first-order valence-corrected chi connectivity index (χ1v) is 6.83. The standard InChI is InChI=1S/C14H14N2O3S/c1-15-13(17)9-3-4-12(19-2)11(7-9)16-14(18)10-5-6-20-8-10/h3-8H,1-2H3,(H,15,17)(H,16,18). The average Bonchev–Trinajstić information content (AvgIpc) is 3.00. The van der Waals surface area contributed by atoms with Crippen LogP contribution < -0.4 is 15.4 Å². The van der Waals surface area contributed by atoms with Gasteiger partial charge >= 0.3 is 0 Å². The van der Waals surface area contributed by atoms with E-state index >= 15 is 0 Å². The number of methoxy groups -OCH3 is 1. The molecule has 1 aromatic carbocycles. The number of carbonyl (C=O) groups excluding carboxylic acids is 2. The van der Waals surface area contributed by atoms with Crippen LogP contribution in [0.2, 0.25) is 0 Å². The van der Waals surface area contributed by atoms with Gasteiger partial charge in [-0.1, -0.05) is 0 Å². The van der Waals surface area contributed by atoms with Crippen molar-refractivity contribution in [2.45, 2.75) is 0 Å². The third-order valence-corrected chi connectivity index (χ3v) is 3.40. The summed E-state index contributed by atoms with van der Waals surface area (Å²) in [5.74, 6) is 0.0403. The molecule has 1 heterocycles. The van der Waals surface area contributed by atoms with Crippen LogP contribution in [0, 0.1) is 0 Å². The first-order chi connectivity index (χ1) is 9.65. The van der Waals surface area contributed by atoms with Crippen molar-refractivity contribution in [2.24, 2.45) is 0 Å². The van der Waals surface area contributed by atoms with Crippen LogP contribution in [0.15, 0.2) is 35.0 Å². The number of hydrogen-bond acceptors (Lipinski definition) is 4. The minimum Gasteiger partial charge on any atom is -0.495 e. The minimum absolute atomic E-state index is 0.223. The Hall–Kier alpha value is -2.34. The molecule has 0 spiro atoms. The normalized spacial score (nSPS) is 9.90. The Balaban J connectivity index is 2.29. The Kier molecular flexibility index (Phi) is 4.37. The largest absolute Gasteiger partial charge is 0.495 e. The molecular formula is C14H14N2O3S. The van der Waals surface area contributed by atoms with Crippen molar-refractivity contribution < 1.29 is 14.3 Å². The molecule has 2 rings (SSSR count). The maximum atomic E-state index is 12.0. The molecule has 0 aliphatic carbocycles. The van der Waals surface area contributed by atoms with Crippen LogP contribution >= 0.6 is 11.3 Å². The van der Waals surface area contributed by atoms with Gasteiger partial charge in [-0.15, -0.1) is 0 Å². The zero-order valence-electron chi connectivity index (χ0n) is 11.1. The molecular weight excluding hydrogens is 276 g/mol. The SMILES string of the molecule is CNC(=O)c1ccc(OC)c(NC(=O)c2ccsc2)c1. The van der Waals surface area contributed by atoms with Gasteiger partial charge in [-0.2, -0.15) is 11.3 Å².